The average Bonchev–Trinajstić information content (AvgIpc) is 2.74. The molecule has 1 saturated heterocycles. The van der Waals surface area contributed by atoms with E-state index >= 15 is 0 Å². The van der Waals surface area contributed by atoms with Crippen LogP contribution in [0, 0.1) is 0 Å². The Morgan fingerprint density at radius 3 is 2.82 bits per heavy atom. The van der Waals surface area contributed by atoms with E-state index in [0.717, 1.165) is 18.7 Å². The van der Waals surface area contributed by atoms with E-state index in [1.54, 1.807) is 6.26 Å². The molecule has 0 spiro atoms. The lowest BCUT2D eigenvalue weighted by atomic mass is 10.1. The molecule has 0 aliphatic carbocycles. The molecule has 1 aromatic rings. The third-order valence-electron chi connectivity index (χ3n) is 3.31. The average molecular weight is 257 g/mol. The van der Waals surface area contributed by atoms with Gasteiger partial charge >= 0.3 is 0 Å². The Morgan fingerprint density at radius 1 is 1.41 bits per heavy atom. The molecule has 1 aliphatic rings. The fourth-order valence-corrected chi connectivity index (χ4v) is 2.50. The van der Waals surface area contributed by atoms with Crippen molar-refractivity contribution in [3.8, 4) is 0 Å². The molecular formula is C13H21ClN2O. The van der Waals surface area contributed by atoms with Gasteiger partial charge in [0.05, 0.1) is 6.26 Å². The molecule has 1 aliphatic heterocycles. The molecule has 1 N–H and O–H groups in total. The molecule has 0 bridgehead atoms. The molecular weight excluding hydrogens is 236 g/mol. The highest BCUT2D eigenvalue weighted by Crippen LogP contribution is 2.16. The Labute approximate surface area is 108 Å². The minimum Gasteiger partial charge on any atom is -0.453 e. The van der Waals surface area contributed by atoms with Crippen molar-refractivity contribution in [2.45, 2.75) is 38.8 Å². The van der Waals surface area contributed by atoms with Gasteiger partial charge in [-0.3, -0.25) is 0 Å². The molecule has 1 aromatic heterocycles. The summed E-state index contributed by atoms with van der Waals surface area (Å²) < 4.78 is 5.06. The molecule has 0 radical (unpaired) electrons. The van der Waals surface area contributed by atoms with Gasteiger partial charge in [0, 0.05) is 24.7 Å². The minimum atomic E-state index is 0.485. The summed E-state index contributed by atoms with van der Waals surface area (Å²) in [4.78, 5) is 2.54. The third-order valence-corrected chi connectivity index (χ3v) is 3.65. The largest absolute Gasteiger partial charge is 0.453 e. The smallest absolute Gasteiger partial charge is 0.197 e. The number of piperidine rings is 1. The first kappa shape index (κ1) is 12.9. The first-order valence-electron chi connectivity index (χ1n) is 6.43. The predicted octanol–water partition coefficient (Wildman–Crippen LogP) is 2.90. The quantitative estimate of drug-likeness (QED) is 0.878. The van der Waals surface area contributed by atoms with E-state index in [4.69, 9.17) is 16.0 Å². The zero-order valence-electron chi connectivity index (χ0n) is 10.4. The summed E-state index contributed by atoms with van der Waals surface area (Å²) >= 11 is 5.90. The lowest BCUT2D eigenvalue weighted by Crippen LogP contribution is -2.41. The van der Waals surface area contributed by atoms with Crippen LogP contribution in [-0.4, -0.2) is 30.6 Å². The van der Waals surface area contributed by atoms with Crippen LogP contribution in [0.3, 0.4) is 0 Å². The van der Waals surface area contributed by atoms with Crippen molar-refractivity contribution < 1.29 is 4.42 Å². The fourth-order valence-electron chi connectivity index (χ4n) is 2.32. The van der Waals surface area contributed by atoms with Gasteiger partial charge in [0.25, 0.3) is 0 Å². The number of rotatable bonds is 5. The molecule has 0 aromatic carbocycles. The summed E-state index contributed by atoms with van der Waals surface area (Å²) in [6, 6.07) is 2.40. The van der Waals surface area contributed by atoms with Crippen molar-refractivity contribution in [2.24, 2.45) is 0 Å². The maximum absolute atomic E-state index is 5.90. The third kappa shape index (κ3) is 4.02. The van der Waals surface area contributed by atoms with E-state index in [1.165, 1.54) is 32.4 Å². The fraction of sp³-hybridized carbons (Fsp3) is 0.692. The van der Waals surface area contributed by atoms with Gasteiger partial charge in [0.15, 0.2) is 5.22 Å². The second-order valence-corrected chi connectivity index (χ2v) is 5.21. The molecule has 96 valence electrons. The molecule has 0 amide bonds. The Hall–Kier alpha value is -0.510. The van der Waals surface area contributed by atoms with E-state index in [2.05, 4.69) is 17.1 Å². The molecule has 1 unspecified atom stereocenters. The summed E-state index contributed by atoms with van der Waals surface area (Å²) in [5.41, 5.74) is 1.04. The summed E-state index contributed by atoms with van der Waals surface area (Å²) in [7, 11) is 0. The monoisotopic (exact) mass is 256 g/mol. The molecule has 2 rings (SSSR count). The van der Waals surface area contributed by atoms with Crippen LogP contribution in [-0.2, 0) is 6.54 Å². The molecule has 17 heavy (non-hydrogen) atoms. The first-order valence-corrected chi connectivity index (χ1v) is 6.81. The topological polar surface area (TPSA) is 28.4 Å². The highest BCUT2D eigenvalue weighted by Gasteiger charge is 2.13. The molecule has 1 atom stereocenters. The second-order valence-electron chi connectivity index (χ2n) is 4.86. The van der Waals surface area contributed by atoms with Crippen molar-refractivity contribution in [2.75, 3.05) is 19.6 Å². The van der Waals surface area contributed by atoms with Gasteiger partial charge in [-0.05, 0) is 50.5 Å². The van der Waals surface area contributed by atoms with E-state index in [1.807, 2.05) is 6.07 Å². The summed E-state index contributed by atoms with van der Waals surface area (Å²) in [6.07, 6.45) is 5.72. The van der Waals surface area contributed by atoms with Crippen LogP contribution in [0.1, 0.15) is 31.7 Å². The number of hydrogen-bond donors (Lipinski definition) is 1. The summed E-state index contributed by atoms with van der Waals surface area (Å²) in [6.45, 7) is 6.62. The Morgan fingerprint density at radius 2 is 2.18 bits per heavy atom. The highest BCUT2D eigenvalue weighted by atomic mass is 35.5. The van der Waals surface area contributed by atoms with Gasteiger partial charge < -0.3 is 14.6 Å². The summed E-state index contributed by atoms with van der Waals surface area (Å²) in [5.74, 6) is 0. The zero-order chi connectivity index (χ0) is 12.1. The van der Waals surface area contributed by atoms with Crippen molar-refractivity contribution >= 4 is 11.6 Å². The van der Waals surface area contributed by atoms with Gasteiger partial charge in [-0.1, -0.05) is 6.42 Å². The van der Waals surface area contributed by atoms with Crippen LogP contribution in [0.4, 0.5) is 0 Å². The number of halogens is 1. The van der Waals surface area contributed by atoms with Crippen molar-refractivity contribution in [3.63, 3.8) is 0 Å². The van der Waals surface area contributed by atoms with Gasteiger partial charge in [-0.25, -0.2) is 0 Å². The molecule has 2 heterocycles. The van der Waals surface area contributed by atoms with Crippen molar-refractivity contribution in [1.82, 2.24) is 10.2 Å². The molecule has 0 saturated carbocycles. The normalized spacial score (nSPS) is 19.4. The van der Waals surface area contributed by atoms with E-state index in [9.17, 15) is 0 Å². The Bertz CT molecular complexity index is 334. The molecule has 3 nitrogen and oxygen atoms in total. The Balaban J connectivity index is 1.70. The number of hydrogen-bond acceptors (Lipinski definition) is 3. The van der Waals surface area contributed by atoms with Crippen LogP contribution in [0.5, 0.6) is 0 Å². The summed E-state index contributed by atoms with van der Waals surface area (Å²) in [5, 5.41) is 3.99. The van der Waals surface area contributed by atoms with Crippen LogP contribution in [0.2, 0.25) is 5.22 Å². The Kier molecular flexibility index (Phi) is 4.89. The van der Waals surface area contributed by atoms with Gasteiger partial charge in [-0.2, -0.15) is 0 Å². The van der Waals surface area contributed by atoms with Gasteiger partial charge in [0.1, 0.15) is 0 Å². The molecule has 1 fully saturated rings. The van der Waals surface area contributed by atoms with Gasteiger partial charge in [0.2, 0.25) is 0 Å². The van der Waals surface area contributed by atoms with Crippen molar-refractivity contribution in [3.05, 3.63) is 23.1 Å². The maximum atomic E-state index is 5.90. The van der Waals surface area contributed by atoms with E-state index < -0.39 is 0 Å². The lowest BCUT2D eigenvalue weighted by molar-refractivity contribution is 0.209. The highest BCUT2D eigenvalue weighted by molar-refractivity contribution is 6.29. The predicted molar refractivity (Wildman–Crippen MR) is 70.3 cm³/mol. The van der Waals surface area contributed by atoms with Crippen LogP contribution in [0.25, 0.3) is 0 Å². The minimum absolute atomic E-state index is 0.485. The number of nitrogens with zero attached hydrogens (tertiary/aromatic N) is 1. The van der Waals surface area contributed by atoms with Crippen molar-refractivity contribution in [1.29, 1.82) is 0 Å². The van der Waals surface area contributed by atoms with E-state index in [-0.39, 0.29) is 0 Å². The lowest BCUT2D eigenvalue weighted by Gasteiger charge is -2.29. The molecule has 4 heteroatoms. The van der Waals surface area contributed by atoms with E-state index in [0.29, 0.717) is 11.3 Å². The number of furan rings is 1. The number of nitrogens with one attached hydrogen (secondary N) is 1. The maximum Gasteiger partial charge on any atom is 0.197 e. The van der Waals surface area contributed by atoms with Crippen LogP contribution in [0.15, 0.2) is 16.7 Å². The van der Waals surface area contributed by atoms with Crippen LogP contribution < -0.4 is 5.32 Å². The first-order chi connectivity index (χ1) is 8.25. The second kappa shape index (κ2) is 6.43. The SMILES string of the molecule is CC(CN1CCCCC1)NCc1ccoc1Cl. The van der Waals surface area contributed by atoms with Crippen LogP contribution >= 0.6 is 11.6 Å². The zero-order valence-corrected chi connectivity index (χ0v) is 11.2. The number of likely N-dealkylation sites (tertiary alicyclic amines) is 1. The van der Waals surface area contributed by atoms with Gasteiger partial charge in [-0.15, -0.1) is 0 Å². The standard InChI is InChI=1S/C13H21ClN2O/c1-11(10-16-6-3-2-4-7-16)15-9-12-5-8-17-13(12)14/h5,8,11,15H,2-4,6-7,9-10H2,1H3.